The molecule has 0 aliphatic carbocycles. The number of carbonyl (C=O) groups is 3. The molecule has 1 atom stereocenters. The van der Waals surface area contributed by atoms with Gasteiger partial charge in [0.15, 0.2) is 0 Å². The number of amides is 1. The van der Waals surface area contributed by atoms with Gasteiger partial charge in [0.2, 0.25) is 69.7 Å². The van der Waals surface area contributed by atoms with E-state index in [-0.39, 0.29) is 0 Å². The van der Waals surface area contributed by atoms with Gasteiger partial charge in [-0.1, -0.05) is 30.3 Å². The maximum Gasteiger partial charge on any atom is 0.408 e. The van der Waals surface area contributed by atoms with Crippen LogP contribution in [0.15, 0.2) is 30.3 Å². The molecular weight excluding hydrogens is 600 g/mol. The van der Waals surface area contributed by atoms with E-state index in [9.17, 15) is 58.3 Å². The molecule has 3 aromatic carbocycles. The van der Waals surface area contributed by atoms with Crippen LogP contribution >= 0.6 is 0 Å². The van der Waals surface area contributed by atoms with Gasteiger partial charge in [0.25, 0.3) is 0 Å². The van der Waals surface area contributed by atoms with Crippen LogP contribution in [-0.2, 0) is 20.9 Å². The van der Waals surface area contributed by atoms with Crippen molar-refractivity contribution >= 4 is 18.0 Å². The molecule has 0 aromatic heterocycles. The second-order valence-corrected chi connectivity index (χ2v) is 7.99. The van der Waals surface area contributed by atoms with Crippen LogP contribution in [-0.4, -0.2) is 24.1 Å². The molecule has 1 N–H and O–H groups in total. The summed E-state index contributed by atoms with van der Waals surface area (Å²) in [5.74, 6) is -33.0. The number of hydrogen-bond acceptors (Lipinski definition) is 6. The van der Waals surface area contributed by atoms with Crippen LogP contribution in [0.25, 0.3) is 0 Å². The summed E-state index contributed by atoms with van der Waals surface area (Å²) in [6.45, 7) is -0.408. The summed E-state index contributed by atoms with van der Waals surface area (Å²) >= 11 is 0. The molecule has 7 nitrogen and oxygen atoms in total. The van der Waals surface area contributed by atoms with E-state index < -0.39 is 113 Å². The summed E-state index contributed by atoms with van der Waals surface area (Å²) in [5, 5.41) is 1.79. The van der Waals surface area contributed by atoms with Crippen LogP contribution in [0.1, 0.15) is 18.4 Å². The van der Waals surface area contributed by atoms with Crippen LogP contribution in [0, 0.1) is 58.2 Å². The Hall–Kier alpha value is -4.83. The summed E-state index contributed by atoms with van der Waals surface area (Å²) < 4.78 is 149. The van der Waals surface area contributed by atoms with Crippen LogP contribution in [0.4, 0.5) is 48.7 Å². The fraction of sp³-hybridized carbons (Fsp3) is 0.160. The molecule has 0 radical (unpaired) electrons. The molecule has 0 aliphatic rings. The normalized spacial score (nSPS) is 11.6. The van der Waals surface area contributed by atoms with Crippen LogP contribution in [0.2, 0.25) is 0 Å². The second kappa shape index (κ2) is 13.2. The molecule has 0 aliphatic heterocycles. The minimum Gasteiger partial charge on any atom is -0.445 e. The van der Waals surface area contributed by atoms with Crippen molar-refractivity contribution < 1.29 is 72.5 Å². The van der Waals surface area contributed by atoms with Crippen LogP contribution in [0.5, 0.6) is 11.5 Å². The number of rotatable bonds is 9. The summed E-state index contributed by atoms with van der Waals surface area (Å²) in [7, 11) is 0. The number of ether oxygens (including phenoxy) is 3. The Morgan fingerprint density at radius 2 is 1.05 bits per heavy atom. The Morgan fingerprint density at radius 3 is 1.52 bits per heavy atom. The van der Waals surface area contributed by atoms with E-state index in [1.807, 2.05) is 0 Å². The quantitative estimate of drug-likeness (QED) is 0.110. The molecule has 0 unspecified atom stereocenters. The van der Waals surface area contributed by atoms with Gasteiger partial charge < -0.3 is 19.5 Å². The standard InChI is InChI=1S/C25H13F10NO6/c26-12-14(28)18(32)22(19(33)15(12)29)41-11(37)7-6-10(36-25(39)40-8-9-4-2-1-3-5-9)24(38)42-23-20(34)16(30)13(27)17(31)21(23)35/h1-5,10H,6-8H2,(H,36,39)/t10-/m1/s1. The lowest BCUT2D eigenvalue weighted by atomic mass is 10.1. The van der Waals surface area contributed by atoms with Crippen molar-refractivity contribution in [2.24, 2.45) is 0 Å². The van der Waals surface area contributed by atoms with E-state index in [4.69, 9.17) is 4.74 Å². The first-order chi connectivity index (χ1) is 19.7. The molecule has 3 aromatic rings. The van der Waals surface area contributed by atoms with Gasteiger partial charge in [-0.15, -0.1) is 0 Å². The van der Waals surface area contributed by atoms with Crippen molar-refractivity contribution in [1.29, 1.82) is 0 Å². The molecule has 42 heavy (non-hydrogen) atoms. The lowest BCUT2D eigenvalue weighted by Gasteiger charge is -2.18. The predicted molar refractivity (Wildman–Crippen MR) is 117 cm³/mol. The van der Waals surface area contributed by atoms with E-state index >= 15 is 0 Å². The first-order valence-corrected chi connectivity index (χ1v) is 11.2. The summed E-state index contributed by atoms with van der Waals surface area (Å²) in [5.41, 5.74) is 0.430. The number of carbonyl (C=O) groups excluding carboxylic acids is 3. The highest BCUT2D eigenvalue weighted by Gasteiger charge is 2.33. The smallest absolute Gasteiger partial charge is 0.408 e. The van der Waals surface area contributed by atoms with Gasteiger partial charge in [-0.05, 0) is 12.0 Å². The first kappa shape index (κ1) is 31.7. The highest BCUT2D eigenvalue weighted by molar-refractivity contribution is 5.84. The maximum absolute atomic E-state index is 14.0. The third-order valence-corrected chi connectivity index (χ3v) is 5.18. The van der Waals surface area contributed by atoms with E-state index in [0.717, 1.165) is 0 Å². The van der Waals surface area contributed by atoms with E-state index in [1.165, 1.54) is 12.1 Å². The van der Waals surface area contributed by atoms with Crippen LogP contribution < -0.4 is 14.8 Å². The number of nitrogens with one attached hydrogen (secondary N) is 1. The molecule has 0 saturated heterocycles. The van der Waals surface area contributed by atoms with Crippen molar-refractivity contribution in [2.75, 3.05) is 0 Å². The molecule has 0 spiro atoms. The summed E-state index contributed by atoms with van der Waals surface area (Å²) in [6.07, 6.45) is -3.66. The number of alkyl carbamates (subject to hydrolysis) is 1. The fourth-order valence-corrected chi connectivity index (χ4v) is 3.10. The van der Waals surface area contributed by atoms with Gasteiger partial charge in [0, 0.05) is 6.42 Å². The topological polar surface area (TPSA) is 90.9 Å². The van der Waals surface area contributed by atoms with Crippen LogP contribution in [0.3, 0.4) is 0 Å². The van der Waals surface area contributed by atoms with Crippen molar-refractivity contribution in [2.45, 2.75) is 25.5 Å². The molecular formula is C25H13F10NO6. The lowest BCUT2D eigenvalue weighted by Crippen LogP contribution is -2.44. The van der Waals surface area contributed by atoms with Crippen molar-refractivity contribution in [1.82, 2.24) is 5.32 Å². The van der Waals surface area contributed by atoms with E-state index in [0.29, 0.717) is 5.56 Å². The maximum atomic E-state index is 14.0. The van der Waals surface area contributed by atoms with Crippen molar-refractivity contribution in [3.05, 3.63) is 94.1 Å². The molecule has 0 heterocycles. The Morgan fingerprint density at radius 1 is 0.619 bits per heavy atom. The average molecular weight is 613 g/mol. The van der Waals surface area contributed by atoms with Gasteiger partial charge in [-0.2, -0.15) is 17.6 Å². The number of hydrogen-bond donors (Lipinski definition) is 1. The minimum atomic E-state index is -2.58. The predicted octanol–water partition coefficient (Wildman–Crippen LogP) is 5.66. The Kier molecular flexibility index (Phi) is 9.98. The number of halogens is 10. The molecule has 0 bridgehead atoms. The summed E-state index contributed by atoms with van der Waals surface area (Å²) in [6, 6.07) is 5.58. The Bertz CT molecular complexity index is 1480. The molecule has 3 rings (SSSR count). The molecule has 0 saturated carbocycles. The monoisotopic (exact) mass is 613 g/mol. The van der Waals surface area contributed by atoms with Gasteiger partial charge in [0.05, 0.1) is 0 Å². The van der Waals surface area contributed by atoms with Gasteiger partial charge in [0.1, 0.15) is 12.6 Å². The van der Waals surface area contributed by atoms with Gasteiger partial charge >= 0.3 is 18.0 Å². The third kappa shape index (κ3) is 6.90. The van der Waals surface area contributed by atoms with Crippen molar-refractivity contribution in [3.8, 4) is 11.5 Å². The zero-order valence-corrected chi connectivity index (χ0v) is 20.3. The largest absolute Gasteiger partial charge is 0.445 e. The third-order valence-electron chi connectivity index (χ3n) is 5.18. The number of esters is 2. The first-order valence-electron chi connectivity index (χ1n) is 11.2. The minimum absolute atomic E-state index is 0.408. The Balaban J connectivity index is 1.80. The van der Waals surface area contributed by atoms with Gasteiger partial charge in [-0.25, -0.2) is 35.9 Å². The second-order valence-electron chi connectivity index (χ2n) is 7.99. The number of benzene rings is 3. The Labute approximate surface area is 227 Å². The molecule has 1 amide bonds. The van der Waals surface area contributed by atoms with E-state index in [2.05, 4.69) is 9.47 Å². The summed E-state index contributed by atoms with van der Waals surface area (Å²) in [4.78, 5) is 36.9. The molecule has 17 heteroatoms. The highest BCUT2D eigenvalue weighted by Crippen LogP contribution is 2.31. The lowest BCUT2D eigenvalue weighted by molar-refractivity contribution is -0.138. The molecule has 224 valence electrons. The SMILES string of the molecule is O=C(CC[C@@H](NC(=O)OCc1ccccc1)C(=O)Oc1c(F)c(F)c(F)c(F)c1F)Oc1c(F)c(F)c(F)c(F)c1F. The fourth-order valence-electron chi connectivity index (χ4n) is 3.10. The average Bonchev–Trinajstić information content (AvgIpc) is 2.98. The van der Waals surface area contributed by atoms with E-state index in [1.54, 1.807) is 23.5 Å². The van der Waals surface area contributed by atoms with Crippen molar-refractivity contribution in [3.63, 3.8) is 0 Å². The highest BCUT2D eigenvalue weighted by atomic mass is 19.2. The van der Waals surface area contributed by atoms with Gasteiger partial charge in [-0.3, -0.25) is 4.79 Å². The zero-order valence-electron chi connectivity index (χ0n) is 20.3. The zero-order chi connectivity index (χ0) is 31.3. The molecule has 0 fully saturated rings.